The lowest BCUT2D eigenvalue weighted by Crippen LogP contribution is -2.01. The second kappa shape index (κ2) is 3.06. The molecule has 4 nitrogen and oxygen atoms in total. The molecule has 0 bridgehead atoms. The van der Waals surface area contributed by atoms with Gasteiger partial charge < -0.3 is 10.5 Å². The molecule has 0 spiro atoms. The molecular formula is C8H11N3O. The molecule has 4 heteroatoms. The third-order valence-corrected chi connectivity index (χ3v) is 1.95. The van der Waals surface area contributed by atoms with E-state index in [0.29, 0.717) is 5.82 Å². The number of hydrogen-bond donors (Lipinski definition) is 1. The summed E-state index contributed by atoms with van der Waals surface area (Å²) < 4.78 is 5.44. The first kappa shape index (κ1) is 7.49. The van der Waals surface area contributed by atoms with Gasteiger partial charge in [0.15, 0.2) is 0 Å². The third-order valence-electron chi connectivity index (χ3n) is 1.95. The highest BCUT2D eigenvalue weighted by Crippen LogP contribution is 2.26. The van der Waals surface area contributed by atoms with E-state index in [-0.39, 0.29) is 6.10 Å². The molecule has 2 rings (SSSR count). The summed E-state index contributed by atoms with van der Waals surface area (Å²) in [5.74, 6) is 0.455. The standard InChI is InChI=1S/C8H11N3O/c9-8-5-10-6(4-11-8)7-2-1-3-12-7/h4-5,7H,1-3H2,(H2,9,11). The average molecular weight is 165 g/mol. The summed E-state index contributed by atoms with van der Waals surface area (Å²) in [6.45, 7) is 0.830. The second-order valence-corrected chi connectivity index (χ2v) is 2.87. The van der Waals surface area contributed by atoms with Crippen LogP contribution in [0.5, 0.6) is 0 Å². The first-order chi connectivity index (χ1) is 5.86. The molecule has 1 aliphatic heterocycles. The Morgan fingerprint density at radius 3 is 2.92 bits per heavy atom. The zero-order chi connectivity index (χ0) is 8.39. The van der Waals surface area contributed by atoms with Gasteiger partial charge in [-0.15, -0.1) is 0 Å². The van der Waals surface area contributed by atoms with E-state index < -0.39 is 0 Å². The molecule has 1 atom stereocenters. The van der Waals surface area contributed by atoms with Crippen molar-refractivity contribution in [1.29, 1.82) is 0 Å². The van der Waals surface area contributed by atoms with Gasteiger partial charge in [-0.05, 0) is 12.8 Å². The maximum Gasteiger partial charge on any atom is 0.141 e. The molecule has 1 saturated heterocycles. The Balaban J connectivity index is 2.17. The van der Waals surface area contributed by atoms with Crippen molar-refractivity contribution in [1.82, 2.24) is 9.97 Å². The van der Waals surface area contributed by atoms with Crippen LogP contribution in [0.2, 0.25) is 0 Å². The van der Waals surface area contributed by atoms with Gasteiger partial charge in [-0.3, -0.25) is 4.98 Å². The number of ether oxygens (including phenoxy) is 1. The molecule has 0 aliphatic carbocycles. The van der Waals surface area contributed by atoms with Crippen molar-refractivity contribution in [3.63, 3.8) is 0 Å². The summed E-state index contributed by atoms with van der Waals surface area (Å²) in [5.41, 5.74) is 6.30. The van der Waals surface area contributed by atoms with Gasteiger partial charge in [-0.25, -0.2) is 4.98 Å². The van der Waals surface area contributed by atoms with E-state index in [1.54, 1.807) is 12.4 Å². The monoisotopic (exact) mass is 165 g/mol. The molecular weight excluding hydrogens is 154 g/mol. The Bertz CT molecular complexity index is 254. The first-order valence-electron chi connectivity index (χ1n) is 4.05. The number of nitrogens with zero attached hydrogens (tertiary/aromatic N) is 2. The number of nitrogen functional groups attached to an aromatic ring is 1. The second-order valence-electron chi connectivity index (χ2n) is 2.87. The molecule has 0 amide bonds. The fourth-order valence-corrected chi connectivity index (χ4v) is 1.33. The molecule has 1 aromatic heterocycles. The van der Waals surface area contributed by atoms with Crippen LogP contribution in [0.1, 0.15) is 24.6 Å². The van der Waals surface area contributed by atoms with Crippen LogP contribution >= 0.6 is 0 Å². The molecule has 1 fully saturated rings. The van der Waals surface area contributed by atoms with Crippen LogP contribution in [-0.4, -0.2) is 16.6 Å². The molecule has 1 aliphatic rings. The van der Waals surface area contributed by atoms with Gasteiger partial charge in [0.1, 0.15) is 11.9 Å². The number of aromatic nitrogens is 2. The Kier molecular flexibility index (Phi) is 1.91. The zero-order valence-electron chi connectivity index (χ0n) is 6.73. The van der Waals surface area contributed by atoms with Crippen molar-refractivity contribution in [2.75, 3.05) is 12.3 Å². The van der Waals surface area contributed by atoms with E-state index in [0.717, 1.165) is 25.1 Å². The fraction of sp³-hybridized carbons (Fsp3) is 0.500. The van der Waals surface area contributed by atoms with Gasteiger partial charge in [0.2, 0.25) is 0 Å². The molecule has 0 radical (unpaired) electrons. The van der Waals surface area contributed by atoms with Crippen LogP contribution in [0.4, 0.5) is 5.82 Å². The van der Waals surface area contributed by atoms with Gasteiger partial charge in [-0.1, -0.05) is 0 Å². The average Bonchev–Trinajstić information content (AvgIpc) is 2.58. The van der Waals surface area contributed by atoms with Crippen LogP contribution in [0.3, 0.4) is 0 Å². The Hall–Kier alpha value is -1.16. The maximum absolute atomic E-state index is 5.44. The predicted octanol–water partition coefficient (Wildman–Crippen LogP) is 0.910. The Morgan fingerprint density at radius 2 is 2.33 bits per heavy atom. The highest BCUT2D eigenvalue weighted by molar-refractivity contribution is 5.23. The molecule has 0 saturated carbocycles. The Morgan fingerprint density at radius 1 is 1.42 bits per heavy atom. The summed E-state index contributed by atoms with van der Waals surface area (Å²) in [5, 5.41) is 0. The number of hydrogen-bond acceptors (Lipinski definition) is 4. The van der Waals surface area contributed by atoms with Crippen LogP contribution in [-0.2, 0) is 4.74 Å². The van der Waals surface area contributed by atoms with Crippen LogP contribution in [0.25, 0.3) is 0 Å². The van der Waals surface area contributed by atoms with Crippen molar-refractivity contribution in [2.45, 2.75) is 18.9 Å². The quantitative estimate of drug-likeness (QED) is 0.671. The van der Waals surface area contributed by atoms with Gasteiger partial charge in [0.05, 0.1) is 18.1 Å². The van der Waals surface area contributed by atoms with Crippen molar-refractivity contribution >= 4 is 5.82 Å². The first-order valence-corrected chi connectivity index (χ1v) is 4.05. The molecule has 2 heterocycles. The summed E-state index contributed by atoms with van der Waals surface area (Å²) in [6.07, 6.45) is 5.54. The minimum Gasteiger partial charge on any atom is -0.382 e. The smallest absolute Gasteiger partial charge is 0.141 e. The summed E-state index contributed by atoms with van der Waals surface area (Å²) in [4.78, 5) is 8.11. The fourth-order valence-electron chi connectivity index (χ4n) is 1.33. The van der Waals surface area contributed by atoms with E-state index >= 15 is 0 Å². The lowest BCUT2D eigenvalue weighted by atomic mass is 10.2. The summed E-state index contributed by atoms with van der Waals surface area (Å²) >= 11 is 0. The molecule has 1 aromatic rings. The predicted molar refractivity (Wildman–Crippen MR) is 44.4 cm³/mol. The highest BCUT2D eigenvalue weighted by atomic mass is 16.5. The molecule has 12 heavy (non-hydrogen) atoms. The van der Waals surface area contributed by atoms with E-state index in [2.05, 4.69) is 9.97 Å². The minimum absolute atomic E-state index is 0.137. The van der Waals surface area contributed by atoms with Crippen molar-refractivity contribution in [2.24, 2.45) is 0 Å². The third kappa shape index (κ3) is 1.38. The lowest BCUT2D eigenvalue weighted by molar-refractivity contribution is 0.108. The van der Waals surface area contributed by atoms with Gasteiger partial charge in [0, 0.05) is 6.61 Å². The minimum atomic E-state index is 0.137. The number of anilines is 1. The van der Waals surface area contributed by atoms with E-state index in [4.69, 9.17) is 10.5 Å². The normalized spacial score (nSPS) is 22.8. The number of rotatable bonds is 1. The molecule has 1 unspecified atom stereocenters. The lowest BCUT2D eigenvalue weighted by Gasteiger charge is -2.06. The van der Waals surface area contributed by atoms with E-state index in [9.17, 15) is 0 Å². The zero-order valence-corrected chi connectivity index (χ0v) is 6.73. The summed E-state index contributed by atoms with van der Waals surface area (Å²) in [7, 11) is 0. The van der Waals surface area contributed by atoms with Gasteiger partial charge in [-0.2, -0.15) is 0 Å². The summed E-state index contributed by atoms with van der Waals surface area (Å²) in [6, 6.07) is 0. The van der Waals surface area contributed by atoms with Crippen LogP contribution in [0, 0.1) is 0 Å². The van der Waals surface area contributed by atoms with Crippen LogP contribution < -0.4 is 5.73 Å². The SMILES string of the molecule is Nc1cnc(C2CCCO2)cn1. The molecule has 0 aromatic carbocycles. The molecule has 2 N–H and O–H groups in total. The Labute approximate surface area is 70.8 Å². The highest BCUT2D eigenvalue weighted by Gasteiger charge is 2.18. The molecule has 64 valence electrons. The van der Waals surface area contributed by atoms with Crippen molar-refractivity contribution < 1.29 is 4.74 Å². The van der Waals surface area contributed by atoms with Gasteiger partial charge in [0.25, 0.3) is 0 Å². The van der Waals surface area contributed by atoms with E-state index in [1.165, 1.54) is 0 Å². The largest absolute Gasteiger partial charge is 0.382 e. The van der Waals surface area contributed by atoms with Crippen LogP contribution in [0.15, 0.2) is 12.4 Å². The number of nitrogens with two attached hydrogens (primary N) is 1. The van der Waals surface area contributed by atoms with Gasteiger partial charge >= 0.3 is 0 Å². The van der Waals surface area contributed by atoms with Crippen molar-refractivity contribution in [3.05, 3.63) is 18.1 Å². The maximum atomic E-state index is 5.44. The van der Waals surface area contributed by atoms with E-state index in [1.807, 2.05) is 0 Å². The topological polar surface area (TPSA) is 61.0 Å². The van der Waals surface area contributed by atoms with Crippen molar-refractivity contribution in [3.8, 4) is 0 Å².